The van der Waals surface area contributed by atoms with Crippen LogP contribution in [0.5, 0.6) is 0 Å². The molecule has 0 aliphatic rings. The maximum absolute atomic E-state index is 4.70. The number of hydrogen-bond donors (Lipinski definition) is 2. The van der Waals surface area contributed by atoms with Crippen LogP contribution in [0, 0.1) is 20.8 Å². The number of imidazole rings is 1. The van der Waals surface area contributed by atoms with Gasteiger partial charge in [-0.15, -0.1) is 35.3 Å². The first-order valence-corrected chi connectivity index (χ1v) is 9.77. The number of hydrogen-bond acceptors (Lipinski definition) is 4. The highest BCUT2D eigenvalue weighted by molar-refractivity contribution is 14.0. The third kappa shape index (κ3) is 5.41. The molecule has 0 aliphatic carbocycles. The van der Waals surface area contributed by atoms with Crippen molar-refractivity contribution < 1.29 is 0 Å². The van der Waals surface area contributed by atoms with Crippen molar-refractivity contribution in [2.75, 3.05) is 13.1 Å². The van der Waals surface area contributed by atoms with Crippen LogP contribution in [0.2, 0.25) is 0 Å². The lowest BCUT2D eigenvalue weighted by Gasteiger charge is -2.12. The molecule has 2 aromatic heterocycles. The molecule has 146 valence electrons. The van der Waals surface area contributed by atoms with E-state index in [9.17, 15) is 0 Å². The maximum Gasteiger partial charge on any atom is 0.191 e. The molecule has 0 aliphatic heterocycles. The Bertz CT molecular complexity index is 914. The second-order valence-electron chi connectivity index (χ2n) is 6.16. The lowest BCUT2D eigenvalue weighted by atomic mass is 10.3. The van der Waals surface area contributed by atoms with Crippen LogP contribution in [0.4, 0.5) is 0 Å². The van der Waals surface area contributed by atoms with Crippen molar-refractivity contribution in [1.29, 1.82) is 0 Å². The summed E-state index contributed by atoms with van der Waals surface area (Å²) in [5.74, 6) is 1.87. The summed E-state index contributed by atoms with van der Waals surface area (Å²) in [6.45, 7) is 11.3. The number of fused-ring (bicyclic) bond motifs is 1. The molecule has 27 heavy (non-hydrogen) atoms. The Morgan fingerprint density at radius 3 is 2.63 bits per heavy atom. The van der Waals surface area contributed by atoms with Gasteiger partial charge in [0.2, 0.25) is 0 Å². The van der Waals surface area contributed by atoms with Crippen molar-refractivity contribution in [1.82, 2.24) is 25.2 Å². The number of rotatable bonds is 6. The molecule has 0 radical (unpaired) electrons. The van der Waals surface area contributed by atoms with Gasteiger partial charge < -0.3 is 15.2 Å². The number of thiazole rings is 1. The Balaban J connectivity index is 0.00000261. The molecule has 0 unspecified atom stereocenters. The number of para-hydroxylation sites is 2. The Hall–Kier alpha value is -1.68. The first kappa shape index (κ1) is 21.6. The third-order valence-electron chi connectivity index (χ3n) is 4.20. The van der Waals surface area contributed by atoms with E-state index in [0.717, 1.165) is 47.6 Å². The second-order valence-corrected chi connectivity index (χ2v) is 7.45. The maximum atomic E-state index is 4.70. The van der Waals surface area contributed by atoms with E-state index < -0.39 is 0 Å². The number of aryl methyl sites for hydroxylation is 3. The molecule has 2 N–H and O–H groups in total. The fourth-order valence-electron chi connectivity index (χ4n) is 2.98. The molecule has 0 atom stereocenters. The van der Waals surface area contributed by atoms with Crippen LogP contribution in [0.3, 0.4) is 0 Å². The molecule has 0 spiro atoms. The van der Waals surface area contributed by atoms with Gasteiger partial charge in [0.15, 0.2) is 5.96 Å². The van der Waals surface area contributed by atoms with Crippen LogP contribution in [-0.4, -0.2) is 33.6 Å². The van der Waals surface area contributed by atoms with Crippen LogP contribution < -0.4 is 10.6 Å². The van der Waals surface area contributed by atoms with E-state index in [1.807, 2.05) is 26.8 Å². The number of halogens is 1. The van der Waals surface area contributed by atoms with E-state index in [0.29, 0.717) is 6.54 Å². The summed E-state index contributed by atoms with van der Waals surface area (Å²) in [7, 11) is 0. The Labute approximate surface area is 181 Å². The lowest BCUT2D eigenvalue weighted by molar-refractivity contribution is 0.660. The molecule has 0 bridgehead atoms. The van der Waals surface area contributed by atoms with Gasteiger partial charge in [0.25, 0.3) is 0 Å². The summed E-state index contributed by atoms with van der Waals surface area (Å²) in [5, 5.41) is 7.82. The molecule has 8 heteroatoms. The predicted octanol–water partition coefficient (Wildman–Crippen LogP) is 3.79. The molecule has 2 heterocycles. The van der Waals surface area contributed by atoms with E-state index >= 15 is 0 Å². The largest absolute Gasteiger partial charge is 0.357 e. The molecule has 3 rings (SSSR count). The van der Waals surface area contributed by atoms with Crippen LogP contribution in [0.25, 0.3) is 11.0 Å². The number of nitrogens with one attached hydrogen (secondary N) is 2. The van der Waals surface area contributed by atoms with Gasteiger partial charge in [0.1, 0.15) is 5.82 Å². The Morgan fingerprint density at radius 1 is 1.15 bits per heavy atom. The number of aromatic nitrogens is 3. The monoisotopic (exact) mass is 498 g/mol. The number of benzene rings is 1. The predicted molar refractivity (Wildman–Crippen MR) is 124 cm³/mol. The average Bonchev–Trinajstić information content (AvgIpc) is 3.11. The van der Waals surface area contributed by atoms with Crippen molar-refractivity contribution in [2.45, 2.75) is 40.8 Å². The van der Waals surface area contributed by atoms with Gasteiger partial charge >= 0.3 is 0 Å². The number of aliphatic imine (C=N–C) groups is 1. The number of guanidine groups is 1. The molecular formula is C19H27IN6S. The van der Waals surface area contributed by atoms with Gasteiger partial charge in [-0.1, -0.05) is 12.1 Å². The Kier molecular flexibility index (Phi) is 8.03. The molecule has 6 nitrogen and oxygen atoms in total. The van der Waals surface area contributed by atoms with E-state index in [1.54, 1.807) is 11.3 Å². The molecular weight excluding hydrogens is 471 g/mol. The van der Waals surface area contributed by atoms with Gasteiger partial charge in [0, 0.05) is 24.5 Å². The standard InChI is InChI=1S/C19H26N6S.HI/c1-5-20-19(22-12-18-13(2)23-15(4)26-18)21-10-11-25-14(3)24-16-8-6-7-9-17(16)25;/h6-9H,5,10-12H2,1-4H3,(H2,20,21,22);1H. The van der Waals surface area contributed by atoms with Crippen molar-refractivity contribution in [3.8, 4) is 0 Å². The molecule has 1 aromatic carbocycles. The summed E-state index contributed by atoms with van der Waals surface area (Å²) >= 11 is 1.71. The van der Waals surface area contributed by atoms with E-state index in [-0.39, 0.29) is 24.0 Å². The summed E-state index contributed by atoms with van der Waals surface area (Å²) in [6.07, 6.45) is 0. The zero-order valence-electron chi connectivity index (χ0n) is 16.2. The molecule has 0 fully saturated rings. The smallest absolute Gasteiger partial charge is 0.191 e. The Morgan fingerprint density at radius 2 is 1.93 bits per heavy atom. The van der Waals surface area contributed by atoms with E-state index in [1.165, 1.54) is 10.4 Å². The highest BCUT2D eigenvalue weighted by atomic mass is 127. The zero-order valence-corrected chi connectivity index (χ0v) is 19.4. The van der Waals surface area contributed by atoms with Crippen LogP contribution >= 0.6 is 35.3 Å². The zero-order chi connectivity index (χ0) is 18.5. The second kappa shape index (κ2) is 10.0. The van der Waals surface area contributed by atoms with Crippen LogP contribution in [-0.2, 0) is 13.1 Å². The first-order chi connectivity index (χ1) is 12.6. The first-order valence-electron chi connectivity index (χ1n) is 8.95. The van der Waals surface area contributed by atoms with Gasteiger partial charge in [-0.2, -0.15) is 0 Å². The summed E-state index contributed by atoms with van der Waals surface area (Å²) in [4.78, 5) is 15.0. The van der Waals surface area contributed by atoms with E-state index in [2.05, 4.69) is 50.3 Å². The SMILES string of the molecule is CCNC(=NCc1sc(C)nc1C)NCCn1c(C)nc2ccccc21.I. The summed E-state index contributed by atoms with van der Waals surface area (Å²) in [6, 6.07) is 8.25. The summed E-state index contributed by atoms with van der Waals surface area (Å²) in [5.41, 5.74) is 3.29. The van der Waals surface area contributed by atoms with Crippen LogP contribution in [0.1, 0.15) is 28.3 Å². The minimum atomic E-state index is 0. The average molecular weight is 498 g/mol. The fraction of sp³-hybridized carbons (Fsp3) is 0.421. The molecule has 3 aromatic rings. The molecule has 0 amide bonds. The van der Waals surface area contributed by atoms with Crippen molar-refractivity contribution in [3.63, 3.8) is 0 Å². The normalized spacial score (nSPS) is 11.5. The molecule has 0 saturated heterocycles. The van der Waals surface area contributed by atoms with Gasteiger partial charge in [-0.05, 0) is 39.8 Å². The van der Waals surface area contributed by atoms with Crippen molar-refractivity contribution in [2.24, 2.45) is 4.99 Å². The van der Waals surface area contributed by atoms with Crippen molar-refractivity contribution in [3.05, 3.63) is 45.7 Å². The van der Waals surface area contributed by atoms with E-state index in [4.69, 9.17) is 4.99 Å². The highest BCUT2D eigenvalue weighted by Gasteiger charge is 2.07. The quantitative estimate of drug-likeness (QED) is 0.308. The lowest BCUT2D eigenvalue weighted by Crippen LogP contribution is -2.38. The van der Waals surface area contributed by atoms with Gasteiger partial charge in [-0.25, -0.2) is 15.0 Å². The topological polar surface area (TPSA) is 67.1 Å². The summed E-state index contributed by atoms with van der Waals surface area (Å²) < 4.78 is 2.24. The fourth-order valence-corrected chi connectivity index (χ4v) is 3.84. The minimum absolute atomic E-state index is 0. The van der Waals surface area contributed by atoms with Crippen molar-refractivity contribution >= 4 is 52.3 Å². The molecule has 0 saturated carbocycles. The van der Waals surface area contributed by atoms with Gasteiger partial charge in [0.05, 0.1) is 28.3 Å². The van der Waals surface area contributed by atoms with Gasteiger partial charge in [-0.3, -0.25) is 0 Å². The minimum Gasteiger partial charge on any atom is -0.357 e. The van der Waals surface area contributed by atoms with Crippen LogP contribution in [0.15, 0.2) is 29.3 Å². The number of nitrogens with zero attached hydrogens (tertiary/aromatic N) is 4. The highest BCUT2D eigenvalue weighted by Crippen LogP contribution is 2.18. The third-order valence-corrected chi connectivity index (χ3v) is 5.26.